The number of alkyl halides is 3. The van der Waals surface area contributed by atoms with Crippen LogP contribution in [0.5, 0.6) is 0 Å². The van der Waals surface area contributed by atoms with Crippen LogP contribution in [-0.2, 0) is 6.18 Å². The maximum absolute atomic E-state index is 13.1. The first-order valence-electron chi connectivity index (χ1n) is 11.4. The third kappa shape index (κ3) is 5.11. The average molecular weight is 502 g/mol. The topological polar surface area (TPSA) is 95.8 Å². The van der Waals surface area contributed by atoms with Crippen LogP contribution in [0.3, 0.4) is 0 Å². The second kappa shape index (κ2) is 9.34. The summed E-state index contributed by atoms with van der Waals surface area (Å²) in [5, 5.41) is 6.98. The lowest BCUT2D eigenvalue weighted by Crippen LogP contribution is -2.14. The maximum Gasteiger partial charge on any atom is 0.416 e. The number of carbonyl (C=O) groups is 1. The van der Waals surface area contributed by atoms with E-state index in [9.17, 15) is 18.0 Å². The van der Waals surface area contributed by atoms with Crippen molar-refractivity contribution in [2.24, 2.45) is 0 Å². The summed E-state index contributed by atoms with van der Waals surface area (Å²) in [7, 11) is 0. The number of hydrogen-bond acceptors (Lipinski definition) is 4. The Labute approximate surface area is 210 Å². The van der Waals surface area contributed by atoms with Crippen molar-refractivity contribution in [2.45, 2.75) is 13.1 Å². The minimum Gasteiger partial charge on any atom is -0.399 e. The van der Waals surface area contributed by atoms with Gasteiger partial charge in [-0.15, -0.1) is 0 Å². The van der Waals surface area contributed by atoms with Crippen molar-refractivity contribution >= 4 is 39.7 Å². The van der Waals surface area contributed by atoms with Crippen molar-refractivity contribution < 1.29 is 18.0 Å². The molecule has 0 aliphatic carbocycles. The Kier molecular flexibility index (Phi) is 6.04. The summed E-state index contributed by atoms with van der Waals surface area (Å²) >= 11 is 0. The van der Waals surface area contributed by atoms with E-state index in [0.717, 1.165) is 45.7 Å². The molecule has 0 saturated carbocycles. The highest BCUT2D eigenvalue weighted by atomic mass is 19.4. The number of nitrogen functional groups attached to an aromatic ring is 1. The van der Waals surface area contributed by atoms with Gasteiger partial charge in [-0.1, -0.05) is 24.3 Å². The van der Waals surface area contributed by atoms with Gasteiger partial charge in [-0.25, -0.2) is 4.98 Å². The van der Waals surface area contributed by atoms with Crippen LogP contribution in [0.2, 0.25) is 0 Å². The van der Waals surface area contributed by atoms with E-state index in [2.05, 4.69) is 15.6 Å². The van der Waals surface area contributed by atoms with Crippen molar-refractivity contribution in [1.29, 1.82) is 0 Å². The molecule has 6 nitrogen and oxygen atoms in total. The summed E-state index contributed by atoms with van der Waals surface area (Å²) in [6, 6.07) is 20.8. The molecule has 0 aliphatic heterocycles. The Bertz CT molecular complexity index is 1610. The third-order valence-electron chi connectivity index (χ3n) is 5.95. The molecule has 2 aromatic heterocycles. The van der Waals surface area contributed by atoms with Gasteiger partial charge in [0.1, 0.15) is 5.65 Å². The van der Waals surface area contributed by atoms with Gasteiger partial charge in [-0.2, -0.15) is 13.2 Å². The molecule has 0 radical (unpaired) electrons. The summed E-state index contributed by atoms with van der Waals surface area (Å²) < 4.78 is 39.2. The fourth-order valence-corrected chi connectivity index (χ4v) is 3.96. The molecule has 0 unspecified atom stereocenters. The van der Waals surface area contributed by atoms with Crippen LogP contribution in [0.15, 0.2) is 85.1 Å². The number of halogens is 3. The first-order valence-corrected chi connectivity index (χ1v) is 11.4. The molecule has 5 rings (SSSR count). The molecule has 186 valence electrons. The summed E-state index contributed by atoms with van der Waals surface area (Å²) in [4.78, 5) is 20.5. The van der Waals surface area contributed by atoms with Crippen molar-refractivity contribution in [1.82, 2.24) is 9.97 Å². The predicted octanol–water partition coefficient (Wildman–Crippen LogP) is 7.14. The number of aromatic nitrogens is 2. The van der Waals surface area contributed by atoms with E-state index in [1.54, 1.807) is 18.3 Å². The van der Waals surface area contributed by atoms with Crippen LogP contribution < -0.4 is 16.4 Å². The number of amides is 1. The van der Waals surface area contributed by atoms with Crippen molar-refractivity contribution in [3.63, 3.8) is 0 Å². The number of carbonyl (C=O) groups excluding carboxylic acids is 1. The van der Waals surface area contributed by atoms with Gasteiger partial charge >= 0.3 is 6.18 Å². The second-order valence-electron chi connectivity index (χ2n) is 8.60. The quantitative estimate of drug-likeness (QED) is 0.193. The highest BCUT2D eigenvalue weighted by molar-refractivity contribution is 6.04. The van der Waals surface area contributed by atoms with E-state index < -0.39 is 17.6 Å². The number of nitrogens with two attached hydrogens (primary N) is 1. The van der Waals surface area contributed by atoms with Crippen LogP contribution in [-0.4, -0.2) is 15.9 Å². The highest BCUT2D eigenvalue weighted by Gasteiger charge is 2.30. The van der Waals surface area contributed by atoms with Crippen LogP contribution in [0, 0.1) is 6.92 Å². The number of pyridine rings is 1. The molecule has 5 aromatic rings. The van der Waals surface area contributed by atoms with E-state index in [-0.39, 0.29) is 5.56 Å². The first-order chi connectivity index (χ1) is 17.7. The minimum atomic E-state index is -4.53. The first kappa shape index (κ1) is 23.9. The summed E-state index contributed by atoms with van der Waals surface area (Å²) in [6.45, 7) is 1.91. The fraction of sp³-hybridized carbons (Fsp3) is 0.0714. The van der Waals surface area contributed by atoms with Gasteiger partial charge in [0, 0.05) is 39.8 Å². The zero-order valence-corrected chi connectivity index (χ0v) is 19.6. The zero-order chi connectivity index (χ0) is 26.2. The maximum atomic E-state index is 13.1. The lowest BCUT2D eigenvalue weighted by atomic mass is 10.1. The van der Waals surface area contributed by atoms with Gasteiger partial charge in [0.15, 0.2) is 0 Å². The molecule has 0 bridgehead atoms. The van der Waals surface area contributed by atoms with E-state index in [1.165, 1.54) is 12.1 Å². The van der Waals surface area contributed by atoms with Gasteiger partial charge < -0.3 is 21.4 Å². The molecule has 9 heteroatoms. The zero-order valence-electron chi connectivity index (χ0n) is 19.6. The van der Waals surface area contributed by atoms with Crippen LogP contribution >= 0.6 is 0 Å². The Hall–Kier alpha value is -4.79. The van der Waals surface area contributed by atoms with Gasteiger partial charge in [0.2, 0.25) is 0 Å². The molecule has 0 spiro atoms. The molecule has 0 aliphatic rings. The standard InChI is InChI=1S/C28H22F3N5O/c1-16-5-10-21(34-27(37)18-3-2-4-19(13-18)28(29,30)31)14-23(16)35-25-15-24(17-6-8-20(32)9-7-17)36-26-22(25)11-12-33-26/h2-15H,32H2,1H3,(H,34,37)(H2,33,35,36). The van der Waals surface area contributed by atoms with Crippen molar-refractivity contribution in [3.8, 4) is 11.3 Å². The molecule has 37 heavy (non-hydrogen) atoms. The molecular weight excluding hydrogens is 479 g/mol. The molecule has 0 saturated heterocycles. The number of nitrogens with one attached hydrogen (secondary N) is 3. The van der Waals surface area contributed by atoms with Gasteiger partial charge in [0.05, 0.1) is 16.9 Å². The Morgan fingerprint density at radius 1 is 0.946 bits per heavy atom. The molecule has 3 aromatic carbocycles. The molecule has 1 amide bonds. The minimum absolute atomic E-state index is 0.0822. The number of anilines is 4. The number of hydrogen-bond donors (Lipinski definition) is 4. The van der Waals surface area contributed by atoms with Crippen LogP contribution in [0.1, 0.15) is 21.5 Å². The number of benzene rings is 3. The lowest BCUT2D eigenvalue weighted by Gasteiger charge is -2.15. The predicted molar refractivity (Wildman–Crippen MR) is 140 cm³/mol. The Balaban J connectivity index is 1.44. The lowest BCUT2D eigenvalue weighted by molar-refractivity contribution is -0.137. The Morgan fingerprint density at radius 3 is 2.49 bits per heavy atom. The van der Waals surface area contributed by atoms with Gasteiger partial charge in [-0.05, 0) is 67.1 Å². The number of aromatic amines is 1. The highest BCUT2D eigenvalue weighted by Crippen LogP contribution is 2.33. The van der Waals surface area contributed by atoms with Gasteiger partial charge in [0.25, 0.3) is 5.91 Å². The fourth-order valence-electron chi connectivity index (χ4n) is 3.96. The number of nitrogens with zero attached hydrogens (tertiary/aromatic N) is 1. The summed E-state index contributed by atoms with van der Waals surface area (Å²) in [6.07, 6.45) is -2.73. The van der Waals surface area contributed by atoms with E-state index in [4.69, 9.17) is 10.7 Å². The molecule has 5 N–H and O–H groups in total. The van der Waals surface area contributed by atoms with Crippen molar-refractivity contribution in [2.75, 3.05) is 16.4 Å². The third-order valence-corrected chi connectivity index (χ3v) is 5.95. The van der Waals surface area contributed by atoms with Crippen LogP contribution in [0.4, 0.5) is 35.9 Å². The molecular formula is C28H22F3N5O. The van der Waals surface area contributed by atoms with Crippen molar-refractivity contribution in [3.05, 3.63) is 102 Å². The largest absolute Gasteiger partial charge is 0.416 e. The van der Waals surface area contributed by atoms with Gasteiger partial charge in [-0.3, -0.25) is 4.79 Å². The van der Waals surface area contributed by atoms with E-state index in [0.29, 0.717) is 17.0 Å². The number of rotatable bonds is 5. The van der Waals surface area contributed by atoms with E-state index >= 15 is 0 Å². The number of fused-ring (bicyclic) bond motifs is 1. The molecule has 0 atom stereocenters. The number of aryl methyl sites for hydroxylation is 1. The monoisotopic (exact) mass is 501 g/mol. The van der Waals surface area contributed by atoms with E-state index in [1.807, 2.05) is 49.4 Å². The summed E-state index contributed by atoms with van der Waals surface area (Å²) in [5.74, 6) is -0.636. The van der Waals surface area contributed by atoms with Crippen LogP contribution in [0.25, 0.3) is 22.3 Å². The summed E-state index contributed by atoms with van der Waals surface area (Å²) in [5.41, 5.74) is 10.7. The number of H-pyrrole nitrogens is 1. The normalized spacial score (nSPS) is 11.5. The molecule has 0 fully saturated rings. The SMILES string of the molecule is Cc1ccc(NC(=O)c2cccc(C(F)(F)F)c2)cc1Nc1cc(-c2ccc(N)cc2)nc2[nH]ccc12. The smallest absolute Gasteiger partial charge is 0.399 e. The molecule has 2 heterocycles. The second-order valence-corrected chi connectivity index (χ2v) is 8.60. The average Bonchev–Trinajstić information content (AvgIpc) is 3.35. The Morgan fingerprint density at radius 2 is 1.73 bits per heavy atom.